The molecule has 3 N–H and O–H groups in total. The number of likely N-dealkylation sites (N-methyl/N-ethyl adjacent to an activating group) is 1. The summed E-state index contributed by atoms with van der Waals surface area (Å²) < 4.78 is 16.1. The second kappa shape index (κ2) is 3.87. The Morgan fingerprint density at radius 3 is 2.00 bits per heavy atom. The van der Waals surface area contributed by atoms with Crippen molar-refractivity contribution in [2.45, 2.75) is 11.9 Å². The van der Waals surface area contributed by atoms with Gasteiger partial charge in [-0.25, -0.2) is 0 Å². The molecular weight excluding hydrogens is 174 g/mol. The van der Waals surface area contributed by atoms with Gasteiger partial charge in [0, 0.05) is 7.11 Å². The Morgan fingerprint density at radius 2 is 1.77 bits per heavy atom. The highest BCUT2D eigenvalue weighted by molar-refractivity contribution is 4.76. The second-order valence-electron chi connectivity index (χ2n) is 2.71. The van der Waals surface area contributed by atoms with Crippen LogP contribution in [0.5, 0.6) is 0 Å². The zero-order valence-corrected chi connectivity index (χ0v) is 8.43. The summed E-state index contributed by atoms with van der Waals surface area (Å²) in [6, 6.07) is -0.973. The molecule has 1 fully saturated rings. The van der Waals surface area contributed by atoms with Crippen molar-refractivity contribution in [3.05, 3.63) is 0 Å². The van der Waals surface area contributed by atoms with E-state index in [1.807, 2.05) is 0 Å². The fourth-order valence-corrected chi connectivity index (χ4v) is 1.18. The maximum Gasteiger partial charge on any atom is 0.295 e. The van der Waals surface area contributed by atoms with E-state index in [0.29, 0.717) is 6.61 Å². The van der Waals surface area contributed by atoms with E-state index in [0.717, 1.165) is 0 Å². The summed E-state index contributed by atoms with van der Waals surface area (Å²) in [5.74, 6) is -0.883. The van der Waals surface area contributed by atoms with Crippen molar-refractivity contribution in [3.8, 4) is 0 Å². The first-order valence-electron chi connectivity index (χ1n) is 4.12. The van der Waals surface area contributed by atoms with E-state index in [-0.39, 0.29) is 0 Å². The first-order chi connectivity index (χ1) is 6.16. The minimum absolute atomic E-state index is 0.307. The van der Waals surface area contributed by atoms with Crippen LogP contribution in [0.3, 0.4) is 0 Å². The van der Waals surface area contributed by atoms with Crippen molar-refractivity contribution < 1.29 is 14.2 Å². The third-order valence-electron chi connectivity index (χ3n) is 2.14. The van der Waals surface area contributed by atoms with Crippen LogP contribution in [0.1, 0.15) is 0 Å². The molecule has 78 valence electrons. The number of methoxy groups -OCH3 is 1. The molecule has 0 radical (unpaired) electrons. The van der Waals surface area contributed by atoms with E-state index in [9.17, 15) is 0 Å². The fraction of sp³-hybridized carbons (Fsp3) is 1.00. The van der Waals surface area contributed by atoms with Crippen LogP contribution >= 0.6 is 0 Å². The molecule has 0 aromatic rings. The van der Waals surface area contributed by atoms with Crippen LogP contribution in [0.4, 0.5) is 0 Å². The zero-order chi connectivity index (χ0) is 9.95. The van der Waals surface area contributed by atoms with Crippen LogP contribution < -0.4 is 16.0 Å². The van der Waals surface area contributed by atoms with Crippen LogP contribution in [0, 0.1) is 0 Å². The molecule has 1 rings (SSSR count). The molecule has 1 atom stereocenters. The van der Waals surface area contributed by atoms with E-state index in [1.54, 1.807) is 28.3 Å². The lowest BCUT2D eigenvalue weighted by molar-refractivity contribution is -0.287. The van der Waals surface area contributed by atoms with Gasteiger partial charge in [0.1, 0.15) is 6.61 Å². The second-order valence-corrected chi connectivity index (χ2v) is 2.71. The minimum Gasteiger partial charge on any atom is -0.339 e. The molecule has 0 aromatic heterocycles. The van der Waals surface area contributed by atoms with Gasteiger partial charge < -0.3 is 9.47 Å². The van der Waals surface area contributed by atoms with Gasteiger partial charge in [-0.05, 0) is 21.1 Å². The van der Waals surface area contributed by atoms with Crippen molar-refractivity contribution in [3.63, 3.8) is 0 Å². The first kappa shape index (κ1) is 10.8. The van der Waals surface area contributed by atoms with Crippen molar-refractivity contribution in [1.29, 1.82) is 0 Å². The van der Waals surface area contributed by atoms with Gasteiger partial charge in [0.2, 0.25) is 0 Å². The number of ether oxygens (including phenoxy) is 3. The summed E-state index contributed by atoms with van der Waals surface area (Å²) in [4.78, 5) is 0. The van der Waals surface area contributed by atoms with Gasteiger partial charge in [-0.1, -0.05) is 0 Å². The molecule has 0 aliphatic carbocycles. The maximum absolute atomic E-state index is 5.56. The molecule has 0 amide bonds. The Balaban J connectivity index is 2.69. The van der Waals surface area contributed by atoms with Crippen LogP contribution in [0.25, 0.3) is 0 Å². The summed E-state index contributed by atoms with van der Waals surface area (Å²) >= 11 is 0. The summed E-state index contributed by atoms with van der Waals surface area (Å²) in [6.07, 6.45) is 0. The Bertz CT molecular complexity index is 150. The number of nitrogens with one attached hydrogen (secondary N) is 3. The highest BCUT2D eigenvalue weighted by atomic mass is 16.9. The molecule has 1 aliphatic heterocycles. The third-order valence-corrected chi connectivity index (χ3v) is 2.14. The summed E-state index contributed by atoms with van der Waals surface area (Å²) in [7, 11) is 6.77. The maximum atomic E-state index is 5.56. The fourth-order valence-electron chi connectivity index (χ4n) is 1.18. The van der Waals surface area contributed by atoms with E-state index in [1.165, 1.54) is 0 Å². The van der Waals surface area contributed by atoms with Crippen LogP contribution in [-0.2, 0) is 14.2 Å². The summed E-state index contributed by atoms with van der Waals surface area (Å²) in [5.41, 5.74) is 0. The molecule has 1 saturated heterocycles. The molecule has 1 aliphatic rings. The van der Waals surface area contributed by atoms with Crippen LogP contribution in [0.15, 0.2) is 0 Å². The molecule has 13 heavy (non-hydrogen) atoms. The van der Waals surface area contributed by atoms with Crippen LogP contribution in [0.2, 0.25) is 0 Å². The van der Waals surface area contributed by atoms with E-state index in [4.69, 9.17) is 14.2 Å². The quantitative estimate of drug-likeness (QED) is 0.475. The van der Waals surface area contributed by atoms with Gasteiger partial charge in [-0.3, -0.25) is 20.7 Å². The molecule has 6 nitrogen and oxygen atoms in total. The van der Waals surface area contributed by atoms with Crippen molar-refractivity contribution in [2.75, 3.05) is 34.9 Å². The Morgan fingerprint density at radius 1 is 1.15 bits per heavy atom. The van der Waals surface area contributed by atoms with Gasteiger partial charge >= 0.3 is 0 Å². The SMILES string of the molecule is CNC1(NC)OC[C@@](NC)(OC)O1. The molecule has 0 aromatic carbocycles. The molecule has 0 bridgehead atoms. The molecule has 0 saturated carbocycles. The topological polar surface area (TPSA) is 63.8 Å². The van der Waals surface area contributed by atoms with Gasteiger partial charge in [-0.2, -0.15) is 0 Å². The number of rotatable bonds is 4. The summed E-state index contributed by atoms with van der Waals surface area (Å²) in [5, 5.41) is 8.65. The van der Waals surface area contributed by atoms with Gasteiger partial charge in [0.05, 0.1) is 0 Å². The predicted molar refractivity (Wildman–Crippen MR) is 46.7 cm³/mol. The lowest BCUT2D eigenvalue weighted by Gasteiger charge is -2.29. The average molecular weight is 191 g/mol. The van der Waals surface area contributed by atoms with E-state index < -0.39 is 11.9 Å². The third kappa shape index (κ3) is 1.83. The van der Waals surface area contributed by atoms with Crippen molar-refractivity contribution in [2.24, 2.45) is 0 Å². The molecule has 1 heterocycles. The molecule has 6 heteroatoms. The van der Waals surface area contributed by atoms with Crippen LogP contribution in [-0.4, -0.2) is 46.8 Å². The molecule has 0 unspecified atom stereocenters. The first-order valence-corrected chi connectivity index (χ1v) is 4.12. The average Bonchev–Trinajstić information content (AvgIpc) is 2.59. The lowest BCUT2D eigenvalue weighted by Crippen LogP contribution is -2.58. The Hall–Kier alpha value is -0.240. The number of hydrogen-bond donors (Lipinski definition) is 3. The van der Waals surface area contributed by atoms with E-state index >= 15 is 0 Å². The standard InChI is InChI=1S/C7H17N3O3/c1-8-6(11-4)5-12-7(9-2,10-3)13-6/h8-10H,5H2,1-4H3/t6-/m1/s1. The van der Waals surface area contributed by atoms with Gasteiger partial charge in [0.25, 0.3) is 11.9 Å². The largest absolute Gasteiger partial charge is 0.339 e. The normalized spacial score (nSPS) is 32.3. The Labute approximate surface area is 77.9 Å². The zero-order valence-electron chi connectivity index (χ0n) is 8.43. The highest BCUT2D eigenvalue weighted by Crippen LogP contribution is 2.25. The smallest absolute Gasteiger partial charge is 0.295 e. The van der Waals surface area contributed by atoms with Crippen molar-refractivity contribution >= 4 is 0 Å². The molecule has 0 spiro atoms. The van der Waals surface area contributed by atoms with Gasteiger partial charge in [0.15, 0.2) is 0 Å². The highest BCUT2D eigenvalue weighted by Gasteiger charge is 2.49. The lowest BCUT2D eigenvalue weighted by atomic mass is 10.5. The predicted octanol–water partition coefficient (Wildman–Crippen LogP) is -1.40. The minimum atomic E-state index is -0.973. The monoisotopic (exact) mass is 191 g/mol. The Kier molecular flexibility index (Phi) is 3.23. The molecular formula is C7H17N3O3. The van der Waals surface area contributed by atoms with E-state index in [2.05, 4.69) is 16.0 Å². The van der Waals surface area contributed by atoms with Crippen molar-refractivity contribution in [1.82, 2.24) is 16.0 Å². The van der Waals surface area contributed by atoms with Gasteiger partial charge in [-0.15, -0.1) is 0 Å². The summed E-state index contributed by atoms with van der Waals surface area (Å²) in [6.45, 7) is 0.307. The number of hydrogen-bond acceptors (Lipinski definition) is 6.